The van der Waals surface area contributed by atoms with Gasteiger partial charge in [-0.1, -0.05) is 103 Å². The predicted molar refractivity (Wildman–Crippen MR) is 124 cm³/mol. The molecule has 0 bridgehead atoms. The van der Waals surface area contributed by atoms with Gasteiger partial charge in [0.1, 0.15) is 0 Å². The van der Waals surface area contributed by atoms with Crippen LogP contribution in [0.2, 0.25) is 0 Å². The molecular weight excluding hydrogens is 364 g/mol. The number of aliphatic hydroxyl groups is 1. The Kier molecular flexibility index (Phi) is 20.8. The second-order valence-corrected chi connectivity index (χ2v) is 8.49. The van der Waals surface area contributed by atoms with Crippen LogP contribution in [0.3, 0.4) is 0 Å². The summed E-state index contributed by atoms with van der Waals surface area (Å²) in [6.45, 7) is 4.35. The first kappa shape index (κ1) is 27.9. The van der Waals surface area contributed by atoms with Crippen LogP contribution in [0.15, 0.2) is 4.99 Å². The van der Waals surface area contributed by atoms with E-state index < -0.39 is 12.1 Å². The summed E-state index contributed by atoms with van der Waals surface area (Å²) in [6, 6.07) is 0. The number of carbonyl (C=O) groups is 1. The summed E-state index contributed by atoms with van der Waals surface area (Å²) < 4.78 is 0. The van der Waals surface area contributed by atoms with E-state index in [-0.39, 0.29) is 6.42 Å². The monoisotopic (exact) mass is 412 g/mol. The molecule has 0 aromatic heterocycles. The number of likely N-dealkylation sites (N-methyl/N-ethyl adjacent to an activating group) is 1. The van der Waals surface area contributed by atoms with E-state index in [4.69, 9.17) is 5.11 Å². The van der Waals surface area contributed by atoms with E-state index in [0.29, 0.717) is 6.42 Å². The summed E-state index contributed by atoms with van der Waals surface area (Å²) in [5, 5.41) is 18.0. The van der Waals surface area contributed by atoms with Crippen LogP contribution in [0.1, 0.15) is 116 Å². The van der Waals surface area contributed by atoms with Gasteiger partial charge in [-0.05, 0) is 6.42 Å². The average molecular weight is 413 g/mol. The maximum atomic E-state index is 10.4. The van der Waals surface area contributed by atoms with Crippen LogP contribution in [-0.2, 0) is 4.79 Å². The van der Waals surface area contributed by atoms with Crippen molar-refractivity contribution in [3.8, 4) is 0 Å². The summed E-state index contributed by atoms with van der Waals surface area (Å²) in [7, 11) is 2.02. The number of carboxylic acids is 1. The average Bonchev–Trinajstić information content (AvgIpc) is 3.16. The van der Waals surface area contributed by atoms with E-state index in [1.54, 1.807) is 0 Å². The number of hydrogen-bond donors (Lipinski definition) is 2. The maximum absolute atomic E-state index is 10.4. The molecule has 2 N–H and O–H groups in total. The first-order chi connectivity index (χ1) is 14.1. The molecule has 172 valence electrons. The topological polar surface area (TPSA) is 73.1 Å². The lowest BCUT2D eigenvalue weighted by Crippen LogP contribution is -2.12. The minimum atomic E-state index is -0.904. The van der Waals surface area contributed by atoms with Crippen LogP contribution >= 0.6 is 0 Å². The molecule has 0 radical (unpaired) electrons. The third kappa shape index (κ3) is 23.0. The van der Waals surface area contributed by atoms with Crippen molar-refractivity contribution in [3.05, 3.63) is 0 Å². The van der Waals surface area contributed by atoms with Crippen molar-refractivity contribution in [3.63, 3.8) is 0 Å². The SMILES string of the molecule is CCCCCCCCCCCCCCCCCC(O)CC(=O)O.CN1C=NCC1. The van der Waals surface area contributed by atoms with Crippen LogP contribution in [0.25, 0.3) is 0 Å². The van der Waals surface area contributed by atoms with Crippen molar-refractivity contribution in [2.45, 2.75) is 122 Å². The van der Waals surface area contributed by atoms with Gasteiger partial charge in [-0.2, -0.15) is 0 Å². The van der Waals surface area contributed by atoms with E-state index in [1.165, 1.54) is 83.5 Å². The van der Waals surface area contributed by atoms with E-state index in [9.17, 15) is 9.90 Å². The predicted octanol–water partition coefficient (Wildman–Crippen LogP) is 6.04. The Hall–Kier alpha value is -1.10. The number of aliphatic carboxylic acids is 1. The van der Waals surface area contributed by atoms with Gasteiger partial charge in [0.05, 0.1) is 25.4 Å². The molecule has 1 aliphatic heterocycles. The number of carboxylic acid groups (broad SMARTS) is 1. The summed E-state index contributed by atoms with van der Waals surface area (Å²) in [5.74, 6) is -0.904. The Morgan fingerprint density at radius 2 is 1.34 bits per heavy atom. The molecule has 0 spiro atoms. The highest BCUT2D eigenvalue weighted by Gasteiger charge is 2.08. The van der Waals surface area contributed by atoms with Crippen LogP contribution in [0, 0.1) is 0 Å². The van der Waals surface area contributed by atoms with Crippen LogP contribution < -0.4 is 0 Å². The highest BCUT2D eigenvalue weighted by Crippen LogP contribution is 2.14. The van der Waals surface area contributed by atoms with Crippen molar-refractivity contribution >= 4 is 12.3 Å². The molecule has 0 aliphatic carbocycles. The summed E-state index contributed by atoms with van der Waals surface area (Å²) in [4.78, 5) is 16.4. The fraction of sp³-hybridized carbons (Fsp3) is 0.917. The lowest BCUT2D eigenvalue weighted by atomic mass is 10.0. The molecule has 0 aromatic rings. The van der Waals surface area contributed by atoms with Crippen LogP contribution in [-0.4, -0.2) is 53.7 Å². The lowest BCUT2D eigenvalue weighted by molar-refractivity contribution is -0.139. The minimum absolute atomic E-state index is 0.112. The standard InChI is InChI=1S/C20H40O3.C4H8N2/c1-2-3-4-5-6-7-8-9-10-11-12-13-14-15-16-17-19(21)18-20(22)23;1-6-3-2-5-4-6/h19,21H,2-18H2,1H3,(H,22,23);4H,2-3H2,1H3. The Morgan fingerprint density at radius 1 is 0.897 bits per heavy atom. The highest BCUT2D eigenvalue weighted by molar-refractivity contribution is 5.67. The number of aliphatic hydroxyl groups excluding tert-OH is 1. The molecule has 0 saturated heterocycles. The second-order valence-electron chi connectivity index (χ2n) is 8.49. The molecule has 0 amide bonds. The fourth-order valence-electron chi connectivity index (χ4n) is 3.53. The molecule has 1 atom stereocenters. The zero-order valence-electron chi connectivity index (χ0n) is 19.3. The Morgan fingerprint density at radius 3 is 1.66 bits per heavy atom. The molecule has 29 heavy (non-hydrogen) atoms. The molecule has 0 fully saturated rings. The van der Waals surface area contributed by atoms with Gasteiger partial charge in [0.25, 0.3) is 0 Å². The molecule has 1 rings (SSSR count). The summed E-state index contributed by atoms with van der Waals surface area (Å²) >= 11 is 0. The van der Waals surface area contributed by atoms with Crippen molar-refractivity contribution in [1.29, 1.82) is 0 Å². The van der Waals surface area contributed by atoms with Crippen molar-refractivity contribution in [2.24, 2.45) is 4.99 Å². The van der Waals surface area contributed by atoms with Gasteiger partial charge in [0, 0.05) is 13.6 Å². The zero-order valence-corrected chi connectivity index (χ0v) is 19.3. The first-order valence-electron chi connectivity index (χ1n) is 12.2. The molecule has 1 unspecified atom stereocenters. The Bertz CT molecular complexity index is 388. The normalized spacial score (nSPS) is 14.0. The van der Waals surface area contributed by atoms with Gasteiger partial charge < -0.3 is 15.1 Å². The first-order valence-corrected chi connectivity index (χ1v) is 12.2. The van der Waals surface area contributed by atoms with E-state index in [1.807, 2.05) is 13.4 Å². The van der Waals surface area contributed by atoms with Crippen LogP contribution in [0.4, 0.5) is 0 Å². The third-order valence-corrected chi connectivity index (χ3v) is 5.41. The quantitative estimate of drug-likeness (QED) is 0.269. The number of nitrogens with zero attached hydrogens (tertiary/aromatic N) is 2. The van der Waals surface area contributed by atoms with E-state index in [0.717, 1.165) is 25.9 Å². The van der Waals surface area contributed by atoms with E-state index in [2.05, 4.69) is 16.8 Å². The fourth-order valence-corrected chi connectivity index (χ4v) is 3.53. The number of rotatable bonds is 18. The number of unbranched alkanes of at least 4 members (excludes halogenated alkanes) is 14. The molecule has 5 nitrogen and oxygen atoms in total. The molecule has 0 saturated carbocycles. The number of aliphatic imine (C=N–C) groups is 1. The Balaban J connectivity index is 0.00000110. The van der Waals surface area contributed by atoms with Gasteiger partial charge in [-0.15, -0.1) is 0 Å². The van der Waals surface area contributed by atoms with Gasteiger partial charge in [-0.25, -0.2) is 0 Å². The molecule has 1 aliphatic rings. The van der Waals surface area contributed by atoms with E-state index >= 15 is 0 Å². The lowest BCUT2D eigenvalue weighted by Gasteiger charge is -2.07. The smallest absolute Gasteiger partial charge is 0.305 e. The zero-order chi connectivity index (χ0) is 21.6. The van der Waals surface area contributed by atoms with Crippen molar-refractivity contribution < 1.29 is 15.0 Å². The van der Waals surface area contributed by atoms with Gasteiger partial charge in [0.15, 0.2) is 0 Å². The van der Waals surface area contributed by atoms with Crippen LogP contribution in [0.5, 0.6) is 0 Å². The number of hydrogen-bond acceptors (Lipinski definition) is 4. The molecule has 0 aromatic carbocycles. The second kappa shape index (κ2) is 21.6. The molecule has 1 heterocycles. The highest BCUT2D eigenvalue weighted by atomic mass is 16.4. The van der Waals surface area contributed by atoms with Gasteiger partial charge in [-0.3, -0.25) is 9.79 Å². The minimum Gasteiger partial charge on any atom is -0.481 e. The Labute approximate surface area is 180 Å². The molecular formula is C24H48N2O3. The third-order valence-electron chi connectivity index (χ3n) is 5.41. The summed E-state index contributed by atoms with van der Waals surface area (Å²) in [5.41, 5.74) is 0. The van der Waals surface area contributed by atoms with Crippen molar-refractivity contribution in [1.82, 2.24) is 4.90 Å². The van der Waals surface area contributed by atoms with Crippen molar-refractivity contribution in [2.75, 3.05) is 20.1 Å². The largest absolute Gasteiger partial charge is 0.481 e. The maximum Gasteiger partial charge on any atom is 0.305 e. The van der Waals surface area contributed by atoms with Gasteiger partial charge in [0.2, 0.25) is 0 Å². The molecule has 5 heteroatoms. The van der Waals surface area contributed by atoms with Gasteiger partial charge >= 0.3 is 5.97 Å². The summed E-state index contributed by atoms with van der Waals surface area (Å²) in [6.07, 6.45) is 21.6.